The maximum Gasteiger partial charge on any atom is 0.278 e. The minimum atomic E-state index is -0.513. The molecule has 8 heteroatoms. The topological polar surface area (TPSA) is 85.7 Å². The molecule has 2 aromatic rings. The molecule has 2 aromatic carbocycles. The Labute approximate surface area is 185 Å². The third-order valence-corrected chi connectivity index (χ3v) is 6.32. The van der Waals surface area contributed by atoms with Gasteiger partial charge in [0.1, 0.15) is 16.7 Å². The highest BCUT2D eigenvalue weighted by Gasteiger charge is 2.40. The number of carbonyl (C=O) groups is 2. The summed E-state index contributed by atoms with van der Waals surface area (Å²) in [5, 5.41) is 11.5. The minimum Gasteiger partial charge on any atom is -0.379 e. The molecule has 0 unspecified atom stereocenters. The van der Waals surface area contributed by atoms with Crippen LogP contribution in [0.25, 0.3) is 0 Å². The van der Waals surface area contributed by atoms with Crippen molar-refractivity contribution in [2.45, 2.75) is 11.7 Å². The van der Waals surface area contributed by atoms with E-state index in [-0.39, 0.29) is 11.5 Å². The van der Waals surface area contributed by atoms with E-state index in [1.54, 1.807) is 17.1 Å². The van der Waals surface area contributed by atoms with Gasteiger partial charge in [-0.15, -0.1) is 0 Å². The van der Waals surface area contributed by atoms with Crippen LogP contribution in [0.5, 0.6) is 0 Å². The lowest BCUT2D eigenvalue weighted by Gasteiger charge is -2.27. The van der Waals surface area contributed by atoms with Crippen LogP contribution in [0, 0.1) is 11.3 Å². The van der Waals surface area contributed by atoms with E-state index < -0.39 is 11.2 Å². The maximum absolute atomic E-state index is 13.4. The second-order valence-electron chi connectivity index (χ2n) is 7.14. The third-order valence-electron chi connectivity index (χ3n) is 5.05. The molecule has 2 amide bonds. The lowest BCUT2D eigenvalue weighted by atomic mass is 10.1. The van der Waals surface area contributed by atoms with Crippen molar-refractivity contribution in [1.82, 2.24) is 10.4 Å². The number of thioether (sulfide) groups is 1. The van der Waals surface area contributed by atoms with Crippen molar-refractivity contribution in [2.24, 2.45) is 0 Å². The van der Waals surface area contributed by atoms with Crippen LogP contribution in [0.2, 0.25) is 0 Å². The van der Waals surface area contributed by atoms with Crippen molar-refractivity contribution in [3.05, 3.63) is 76.8 Å². The second-order valence-corrected chi connectivity index (χ2v) is 8.33. The van der Waals surface area contributed by atoms with Crippen molar-refractivity contribution in [2.75, 3.05) is 31.2 Å². The normalized spacial score (nSPS) is 20.9. The molecule has 2 aliphatic heterocycles. The van der Waals surface area contributed by atoms with Gasteiger partial charge in [0.05, 0.1) is 18.5 Å². The number of anilines is 1. The van der Waals surface area contributed by atoms with Crippen LogP contribution in [-0.2, 0) is 20.7 Å². The summed E-state index contributed by atoms with van der Waals surface area (Å²) in [6.45, 7) is 2.12. The van der Waals surface area contributed by atoms with E-state index in [2.05, 4.69) is 5.43 Å². The molecule has 1 atom stereocenters. The van der Waals surface area contributed by atoms with Crippen molar-refractivity contribution in [3.63, 3.8) is 0 Å². The molecule has 2 fully saturated rings. The number of hydrazine groups is 1. The molecular formula is C23H22N4O3S. The van der Waals surface area contributed by atoms with Crippen molar-refractivity contribution >= 4 is 29.3 Å². The van der Waals surface area contributed by atoms with Crippen LogP contribution in [0.4, 0.5) is 5.69 Å². The molecule has 0 spiro atoms. The van der Waals surface area contributed by atoms with Gasteiger partial charge in [-0.1, -0.05) is 60.3 Å². The average Bonchev–Trinajstić information content (AvgIpc) is 3.11. The molecule has 2 aliphatic rings. The summed E-state index contributed by atoms with van der Waals surface area (Å²) in [5.74, 6) is -0.650. The maximum atomic E-state index is 13.4. The summed E-state index contributed by atoms with van der Waals surface area (Å²) in [4.78, 5) is 27.8. The Morgan fingerprint density at radius 1 is 1.10 bits per heavy atom. The number of morpholine rings is 1. The highest BCUT2D eigenvalue weighted by atomic mass is 32.2. The standard InChI is InChI=1S/C23H22N4O3S/c24-16-19(21(28)25-26-11-13-30-14-12-26)23-27(18-9-5-2-6-10-18)22(29)20(31-23)15-17-7-3-1-4-8-17/h1-10,20H,11-15H2,(H,25,28)/b23-19+/t20-/m1/s1. The van der Waals surface area contributed by atoms with Crippen LogP contribution < -0.4 is 10.3 Å². The highest BCUT2D eigenvalue weighted by molar-refractivity contribution is 8.05. The van der Waals surface area contributed by atoms with Gasteiger partial charge in [0.15, 0.2) is 0 Å². The predicted molar refractivity (Wildman–Crippen MR) is 119 cm³/mol. The zero-order chi connectivity index (χ0) is 21.6. The van der Waals surface area contributed by atoms with Crippen molar-refractivity contribution in [3.8, 4) is 6.07 Å². The minimum absolute atomic E-state index is 0.0655. The first-order chi connectivity index (χ1) is 15.2. The highest BCUT2D eigenvalue weighted by Crippen LogP contribution is 2.41. The van der Waals surface area contributed by atoms with E-state index >= 15 is 0 Å². The third kappa shape index (κ3) is 4.80. The summed E-state index contributed by atoms with van der Waals surface area (Å²) in [5.41, 5.74) is 4.38. The zero-order valence-corrected chi connectivity index (χ0v) is 17.7. The van der Waals surface area contributed by atoms with Crippen molar-refractivity contribution < 1.29 is 14.3 Å². The molecule has 2 heterocycles. The molecule has 31 heavy (non-hydrogen) atoms. The number of ether oxygens (including phenoxy) is 1. The Hall–Kier alpha value is -3.12. The molecular weight excluding hydrogens is 412 g/mol. The summed E-state index contributed by atoms with van der Waals surface area (Å²) in [7, 11) is 0. The van der Waals surface area contributed by atoms with Crippen LogP contribution in [0.15, 0.2) is 71.3 Å². The number of nitrogens with one attached hydrogen (secondary N) is 1. The fraction of sp³-hybridized carbons (Fsp3) is 0.261. The van der Waals surface area contributed by atoms with Crippen LogP contribution in [0.3, 0.4) is 0 Å². The smallest absolute Gasteiger partial charge is 0.278 e. The SMILES string of the molecule is N#C/C(C(=O)NN1CCOCC1)=C1\S[C@H](Cc2ccccc2)C(=O)N1c1ccccc1. The molecule has 4 rings (SSSR count). The van der Waals surface area contributed by atoms with Crippen LogP contribution >= 0.6 is 11.8 Å². The van der Waals surface area contributed by atoms with Gasteiger partial charge in [-0.25, -0.2) is 5.01 Å². The molecule has 0 aliphatic carbocycles. The summed E-state index contributed by atoms with van der Waals surface area (Å²) >= 11 is 1.27. The first-order valence-corrected chi connectivity index (χ1v) is 10.9. The molecule has 1 N–H and O–H groups in total. The average molecular weight is 435 g/mol. The number of carbonyl (C=O) groups excluding carboxylic acids is 2. The van der Waals surface area contributed by atoms with E-state index in [0.29, 0.717) is 43.4 Å². The Morgan fingerprint density at radius 2 is 1.74 bits per heavy atom. The van der Waals surface area contributed by atoms with E-state index in [1.807, 2.05) is 54.6 Å². The van der Waals surface area contributed by atoms with Gasteiger partial charge in [-0.3, -0.25) is 19.9 Å². The van der Waals surface area contributed by atoms with E-state index in [4.69, 9.17) is 4.74 Å². The Balaban J connectivity index is 1.66. The number of benzene rings is 2. The van der Waals surface area contributed by atoms with E-state index in [0.717, 1.165) is 5.56 Å². The molecule has 7 nitrogen and oxygen atoms in total. The molecule has 0 bridgehead atoms. The first kappa shape index (κ1) is 21.1. The van der Waals surface area contributed by atoms with Gasteiger partial charge in [-0.05, 0) is 24.1 Å². The second kappa shape index (κ2) is 9.79. The molecule has 2 saturated heterocycles. The molecule has 0 saturated carbocycles. The number of para-hydroxylation sites is 1. The lowest BCUT2D eigenvalue weighted by molar-refractivity contribution is -0.123. The number of hydrogen-bond donors (Lipinski definition) is 1. The van der Waals surface area contributed by atoms with Gasteiger partial charge in [0.2, 0.25) is 5.91 Å². The van der Waals surface area contributed by atoms with Crippen LogP contribution in [0.1, 0.15) is 5.56 Å². The molecule has 0 radical (unpaired) electrons. The van der Waals surface area contributed by atoms with Gasteiger partial charge in [0, 0.05) is 18.8 Å². The lowest BCUT2D eigenvalue weighted by Crippen LogP contribution is -2.49. The fourth-order valence-electron chi connectivity index (χ4n) is 3.50. The monoisotopic (exact) mass is 434 g/mol. The largest absolute Gasteiger partial charge is 0.379 e. The predicted octanol–water partition coefficient (Wildman–Crippen LogP) is 2.48. The summed E-state index contributed by atoms with van der Waals surface area (Å²) in [6.07, 6.45) is 0.515. The molecule has 158 valence electrons. The summed E-state index contributed by atoms with van der Waals surface area (Å²) in [6, 6.07) is 20.9. The number of rotatable bonds is 5. The fourth-order valence-corrected chi connectivity index (χ4v) is 4.81. The van der Waals surface area contributed by atoms with Gasteiger partial charge >= 0.3 is 0 Å². The van der Waals surface area contributed by atoms with Crippen molar-refractivity contribution in [1.29, 1.82) is 5.26 Å². The number of amides is 2. The first-order valence-electron chi connectivity index (χ1n) is 10.0. The van der Waals surface area contributed by atoms with Gasteiger partial charge < -0.3 is 4.74 Å². The Morgan fingerprint density at radius 3 is 2.39 bits per heavy atom. The molecule has 0 aromatic heterocycles. The Kier molecular flexibility index (Phi) is 6.67. The Bertz CT molecular complexity index is 1010. The quantitative estimate of drug-likeness (QED) is 0.575. The van der Waals surface area contributed by atoms with Gasteiger partial charge in [0.25, 0.3) is 5.91 Å². The van der Waals surface area contributed by atoms with Crippen LogP contribution in [-0.4, -0.2) is 48.4 Å². The number of hydrogen-bond acceptors (Lipinski definition) is 6. The number of nitriles is 1. The van der Waals surface area contributed by atoms with E-state index in [9.17, 15) is 14.9 Å². The van der Waals surface area contributed by atoms with E-state index in [1.165, 1.54) is 16.7 Å². The zero-order valence-electron chi connectivity index (χ0n) is 16.9. The van der Waals surface area contributed by atoms with Gasteiger partial charge in [-0.2, -0.15) is 5.26 Å². The summed E-state index contributed by atoms with van der Waals surface area (Å²) < 4.78 is 5.30. The number of nitrogens with zero attached hydrogens (tertiary/aromatic N) is 3.